The molecule has 4 aromatic rings. The fraction of sp³-hybridized carbons (Fsp3) is 0.100. The van der Waals surface area contributed by atoms with Crippen LogP contribution in [-0.2, 0) is 0 Å². The van der Waals surface area contributed by atoms with Gasteiger partial charge in [-0.3, -0.25) is 4.79 Å². The minimum Gasteiger partial charge on any atom is -0.477 e. The molecule has 2 aromatic heterocycles. The van der Waals surface area contributed by atoms with Crippen LogP contribution in [0, 0.1) is 13.8 Å². The topological polar surface area (TPSA) is 98.0 Å². The van der Waals surface area contributed by atoms with E-state index in [1.54, 1.807) is 12.1 Å². The van der Waals surface area contributed by atoms with Crippen LogP contribution in [0.3, 0.4) is 0 Å². The number of hydrogen-bond donors (Lipinski definition) is 4. The Hall–Kier alpha value is -3.54. The highest BCUT2D eigenvalue weighted by Crippen LogP contribution is 2.31. The second kappa shape index (κ2) is 5.77. The maximum absolute atomic E-state index is 11.6. The number of carbonyl (C=O) groups is 1. The Morgan fingerprint density at radius 2 is 1.77 bits per heavy atom. The monoisotopic (exact) mass is 347 g/mol. The lowest BCUT2D eigenvalue weighted by atomic mass is 10.1. The van der Waals surface area contributed by atoms with Gasteiger partial charge in [0.25, 0.3) is 0 Å². The molecule has 4 N–H and O–H groups in total. The molecule has 0 unspecified atom stereocenters. The van der Waals surface area contributed by atoms with Crippen LogP contribution in [0.4, 0.5) is 11.5 Å². The molecule has 0 bridgehead atoms. The molecule has 0 saturated heterocycles. The molecule has 26 heavy (non-hydrogen) atoms. The van der Waals surface area contributed by atoms with Crippen LogP contribution in [0.1, 0.15) is 21.6 Å². The summed E-state index contributed by atoms with van der Waals surface area (Å²) in [5, 5.41) is 14.3. The van der Waals surface area contributed by atoms with E-state index in [1.807, 2.05) is 32.0 Å². The number of rotatable bonds is 3. The van der Waals surface area contributed by atoms with Gasteiger partial charge in [-0.25, -0.2) is 4.79 Å². The van der Waals surface area contributed by atoms with Gasteiger partial charge in [0.05, 0.1) is 11.0 Å². The quantitative estimate of drug-likeness (QED) is 0.449. The van der Waals surface area contributed by atoms with Gasteiger partial charge in [0.1, 0.15) is 11.5 Å². The Labute approximate surface area is 148 Å². The lowest BCUT2D eigenvalue weighted by molar-refractivity contribution is 0.0691. The summed E-state index contributed by atoms with van der Waals surface area (Å²) in [6, 6.07) is 12.2. The van der Waals surface area contributed by atoms with E-state index in [0.717, 1.165) is 22.0 Å². The Balaban J connectivity index is 1.96. The first-order valence-corrected chi connectivity index (χ1v) is 8.19. The third-order valence-electron chi connectivity index (χ3n) is 4.62. The summed E-state index contributed by atoms with van der Waals surface area (Å²) in [6.45, 7) is 4.05. The Bertz CT molecular complexity index is 1230. The van der Waals surface area contributed by atoms with Crippen molar-refractivity contribution in [3.63, 3.8) is 0 Å². The van der Waals surface area contributed by atoms with Gasteiger partial charge in [0.2, 0.25) is 0 Å². The zero-order valence-electron chi connectivity index (χ0n) is 14.3. The third kappa shape index (κ3) is 2.61. The van der Waals surface area contributed by atoms with Crippen LogP contribution in [0.25, 0.3) is 21.8 Å². The average Bonchev–Trinajstić information content (AvgIpc) is 2.96. The van der Waals surface area contributed by atoms with Gasteiger partial charge in [-0.2, -0.15) is 0 Å². The molecule has 0 amide bonds. The SMILES string of the molecule is Cc1ccc(Nc2[nH]c(C(=O)O)cc3c2[nH]c2cc(=O)ccc23)cc1C. The number of aromatic carboxylic acids is 1. The van der Waals surface area contributed by atoms with Crippen molar-refractivity contribution in [1.29, 1.82) is 0 Å². The molecule has 130 valence electrons. The van der Waals surface area contributed by atoms with Crippen molar-refractivity contribution in [2.24, 2.45) is 0 Å². The summed E-state index contributed by atoms with van der Waals surface area (Å²) < 4.78 is 0. The number of aromatic amines is 2. The second-order valence-corrected chi connectivity index (χ2v) is 6.41. The first kappa shape index (κ1) is 16.0. The van der Waals surface area contributed by atoms with E-state index in [4.69, 9.17) is 0 Å². The first-order chi connectivity index (χ1) is 12.4. The van der Waals surface area contributed by atoms with Crippen molar-refractivity contribution < 1.29 is 9.90 Å². The van der Waals surface area contributed by atoms with Gasteiger partial charge in [-0.1, -0.05) is 6.07 Å². The zero-order valence-corrected chi connectivity index (χ0v) is 14.3. The normalized spacial score (nSPS) is 11.2. The molecule has 0 spiro atoms. The van der Waals surface area contributed by atoms with Crippen molar-refractivity contribution in [2.75, 3.05) is 5.32 Å². The van der Waals surface area contributed by atoms with Crippen molar-refractivity contribution in [1.82, 2.24) is 9.97 Å². The largest absolute Gasteiger partial charge is 0.477 e. The summed E-state index contributed by atoms with van der Waals surface area (Å²) in [6.07, 6.45) is 0. The highest BCUT2D eigenvalue weighted by molar-refractivity contribution is 6.12. The molecule has 0 aliphatic carbocycles. The summed E-state index contributed by atoms with van der Waals surface area (Å²) >= 11 is 0. The predicted molar refractivity (Wildman–Crippen MR) is 103 cm³/mol. The molecular weight excluding hydrogens is 330 g/mol. The number of carboxylic acid groups (broad SMARTS) is 1. The number of H-pyrrole nitrogens is 2. The van der Waals surface area contributed by atoms with Crippen LogP contribution in [0.5, 0.6) is 0 Å². The van der Waals surface area contributed by atoms with Crippen molar-refractivity contribution in [2.45, 2.75) is 13.8 Å². The number of hydrogen-bond acceptors (Lipinski definition) is 3. The number of aryl methyl sites for hydroxylation is 2. The summed E-state index contributed by atoms with van der Waals surface area (Å²) in [4.78, 5) is 29.3. The van der Waals surface area contributed by atoms with Crippen LogP contribution in [-0.4, -0.2) is 21.0 Å². The van der Waals surface area contributed by atoms with E-state index < -0.39 is 5.97 Å². The van der Waals surface area contributed by atoms with E-state index in [-0.39, 0.29) is 11.1 Å². The standard InChI is InChI=1S/C20H17N3O3/c1-10-3-4-12(7-11(10)2)21-19-18-15(9-17(23-19)20(25)26)14-6-5-13(24)8-16(14)22-18/h3-9,21-23H,1-2H3,(H,25,26). The molecule has 0 aliphatic heterocycles. The third-order valence-corrected chi connectivity index (χ3v) is 4.62. The lowest BCUT2D eigenvalue weighted by Crippen LogP contribution is -2.04. The highest BCUT2D eigenvalue weighted by atomic mass is 16.4. The van der Waals surface area contributed by atoms with Crippen LogP contribution >= 0.6 is 0 Å². The highest BCUT2D eigenvalue weighted by Gasteiger charge is 2.14. The molecule has 6 nitrogen and oxygen atoms in total. The van der Waals surface area contributed by atoms with E-state index in [0.29, 0.717) is 16.9 Å². The van der Waals surface area contributed by atoms with Gasteiger partial charge < -0.3 is 20.4 Å². The average molecular weight is 347 g/mol. The fourth-order valence-corrected chi connectivity index (χ4v) is 3.10. The minimum absolute atomic E-state index is 0.0657. The van der Waals surface area contributed by atoms with E-state index in [9.17, 15) is 14.7 Å². The van der Waals surface area contributed by atoms with Crippen LogP contribution in [0.2, 0.25) is 0 Å². The maximum Gasteiger partial charge on any atom is 0.352 e. The number of anilines is 2. The van der Waals surface area contributed by atoms with Gasteiger partial charge in [-0.15, -0.1) is 0 Å². The number of nitrogens with one attached hydrogen (secondary N) is 3. The Morgan fingerprint density at radius 3 is 2.50 bits per heavy atom. The molecule has 0 fully saturated rings. The summed E-state index contributed by atoms with van der Waals surface area (Å²) in [7, 11) is 0. The molecule has 0 radical (unpaired) electrons. The fourth-order valence-electron chi connectivity index (χ4n) is 3.10. The maximum atomic E-state index is 11.6. The van der Waals surface area contributed by atoms with Gasteiger partial charge in [-0.05, 0) is 55.3 Å². The molecule has 6 heteroatoms. The number of pyridine rings is 1. The molecule has 0 atom stereocenters. The van der Waals surface area contributed by atoms with Crippen LogP contribution in [0.15, 0.2) is 47.3 Å². The van der Waals surface area contributed by atoms with Gasteiger partial charge in [0, 0.05) is 22.5 Å². The predicted octanol–water partition coefficient (Wildman–Crippen LogP) is 4.07. The van der Waals surface area contributed by atoms with Gasteiger partial charge >= 0.3 is 5.97 Å². The van der Waals surface area contributed by atoms with Crippen molar-refractivity contribution in [3.8, 4) is 0 Å². The minimum atomic E-state index is -1.05. The van der Waals surface area contributed by atoms with Gasteiger partial charge in [0.15, 0.2) is 5.43 Å². The number of aromatic nitrogens is 2. The number of fused-ring (bicyclic) bond motifs is 3. The number of benzene rings is 2. The lowest BCUT2D eigenvalue weighted by Gasteiger charge is -2.11. The van der Waals surface area contributed by atoms with Crippen molar-refractivity contribution >= 4 is 39.3 Å². The van der Waals surface area contributed by atoms with E-state index in [2.05, 4.69) is 15.3 Å². The molecule has 0 saturated carbocycles. The second-order valence-electron chi connectivity index (χ2n) is 6.41. The first-order valence-electron chi connectivity index (χ1n) is 8.19. The summed E-state index contributed by atoms with van der Waals surface area (Å²) in [5.41, 5.74) is 4.51. The summed E-state index contributed by atoms with van der Waals surface area (Å²) in [5.74, 6) is -0.517. The molecule has 0 aliphatic rings. The molecule has 4 rings (SSSR count). The zero-order chi connectivity index (χ0) is 18.4. The van der Waals surface area contributed by atoms with E-state index >= 15 is 0 Å². The Kier molecular flexibility index (Phi) is 3.54. The van der Waals surface area contributed by atoms with E-state index in [1.165, 1.54) is 17.7 Å². The molecule has 2 heterocycles. The number of carboxylic acids is 1. The molecular formula is C20H17N3O3. The smallest absolute Gasteiger partial charge is 0.352 e. The molecule has 2 aromatic carbocycles. The Morgan fingerprint density at radius 1 is 0.962 bits per heavy atom. The van der Waals surface area contributed by atoms with Crippen molar-refractivity contribution in [3.05, 3.63) is 69.5 Å². The van der Waals surface area contributed by atoms with Crippen LogP contribution < -0.4 is 10.7 Å².